The third-order valence-electron chi connectivity index (χ3n) is 5.85. The molecular weight excluding hydrogens is 298 g/mol. The fourth-order valence-electron chi connectivity index (χ4n) is 4.71. The summed E-state index contributed by atoms with van der Waals surface area (Å²) in [6.07, 6.45) is 7.24. The average Bonchev–Trinajstić information content (AvgIpc) is 2.96. The van der Waals surface area contributed by atoms with Gasteiger partial charge in [-0.25, -0.2) is 0 Å². The molecule has 1 aromatic carbocycles. The van der Waals surface area contributed by atoms with Crippen molar-refractivity contribution in [1.82, 2.24) is 4.90 Å². The van der Waals surface area contributed by atoms with Gasteiger partial charge in [-0.05, 0) is 55.7 Å². The Morgan fingerprint density at radius 2 is 1.96 bits per heavy atom. The fourth-order valence-corrected chi connectivity index (χ4v) is 4.71. The molecule has 3 heteroatoms. The molecule has 1 aliphatic carbocycles. The van der Waals surface area contributed by atoms with Crippen LogP contribution in [0, 0.1) is 11.3 Å². The molecule has 24 heavy (non-hydrogen) atoms. The number of hydrogen-bond acceptors (Lipinski definition) is 2. The smallest absolute Gasteiger partial charge is 0.253 e. The minimum Gasteiger partial charge on any atom is -0.381 e. The van der Waals surface area contributed by atoms with Gasteiger partial charge in [0, 0.05) is 31.2 Å². The summed E-state index contributed by atoms with van der Waals surface area (Å²) >= 11 is 0. The van der Waals surface area contributed by atoms with Crippen LogP contribution in [0.4, 0.5) is 0 Å². The summed E-state index contributed by atoms with van der Waals surface area (Å²) < 4.78 is 5.75. The van der Waals surface area contributed by atoms with Gasteiger partial charge in [0.05, 0.1) is 6.10 Å². The zero-order valence-electron chi connectivity index (χ0n) is 15.4. The Morgan fingerprint density at radius 1 is 1.25 bits per heavy atom. The van der Waals surface area contributed by atoms with Gasteiger partial charge in [0.25, 0.3) is 5.91 Å². The normalized spacial score (nSPS) is 27.2. The minimum atomic E-state index is 0.187. The van der Waals surface area contributed by atoms with Crippen LogP contribution in [0.5, 0.6) is 0 Å². The van der Waals surface area contributed by atoms with E-state index >= 15 is 0 Å². The largest absolute Gasteiger partial charge is 0.381 e. The molecular formula is C21H31NO2. The average molecular weight is 329 g/mol. The Bertz CT molecular complexity index is 566. The van der Waals surface area contributed by atoms with Crippen LogP contribution in [0.25, 0.3) is 0 Å². The van der Waals surface area contributed by atoms with Crippen molar-refractivity contribution < 1.29 is 9.53 Å². The lowest BCUT2D eigenvalue weighted by Gasteiger charge is -2.43. The Labute approximate surface area is 146 Å². The number of amides is 1. The number of rotatable bonds is 4. The topological polar surface area (TPSA) is 29.5 Å². The van der Waals surface area contributed by atoms with Crippen LogP contribution in [-0.4, -0.2) is 37.1 Å². The first-order valence-corrected chi connectivity index (χ1v) is 9.45. The highest BCUT2D eigenvalue weighted by Crippen LogP contribution is 2.46. The summed E-state index contributed by atoms with van der Waals surface area (Å²) in [5.74, 6) is 0.828. The fraction of sp³-hybridized carbons (Fsp3) is 0.667. The van der Waals surface area contributed by atoms with Gasteiger partial charge < -0.3 is 9.64 Å². The number of ether oxygens (including phenoxy) is 1. The van der Waals surface area contributed by atoms with E-state index in [0.29, 0.717) is 12.0 Å². The van der Waals surface area contributed by atoms with E-state index in [1.807, 2.05) is 19.2 Å². The first kappa shape index (κ1) is 17.5. The van der Waals surface area contributed by atoms with Crippen LogP contribution in [0.2, 0.25) is 0 Å². The maximum atomic E-state index is 13.0. The number of nitrogens with zero attached hydrogens (tertiary/aromatic N) is 1. The predicted molar refractivity (Wildman–Crippen MR) is 97.2 cm³/mol. The number of methoxy groups -OCH3 is 1. The van der Waals surface area contributed by atoms with E-state index in [9.17, 15) is 4.79 Å². The summed E-state index contributed by atoms with van der Waals surface area (Å²) in [5.41, 5.74) is 2.33. The van der Waals surface area contributed by atoms with Crippen molar-refractivity contribution in [1.29, 1.82) is 0 Å². The monoisotopic (exact) mass is 329 g/mol. The second-order valence-corrected chi connectivity index (χ2v) is 8.10. The first-order valence-electron chi connectivity index (χ1n) is 9.45. The molecule has 2 atom stereocenters. The molecule has 2 aliphatic rings. The number of piperidine rings is 1. The molecule has 3 rings (SSSR count). The van der Waals surface area contributed by atoms with Crippen LogP contribution in [0.15, 0.2) is 24.3 Å². The van der Waals surface area contributed by atoms with Crippen LogP contribution in [0.3, 0.4) is 0 Å². The van der Waals surface area contributed by atoms with E-state index in [1.54, 1.807) is 0 Å². The zero-order chi connectivity index (χ0) is 17.2. The molecule has 1 aromatic rings. The van der Waals surface area contributed by atoms with Gasteiger partial charge in [-0.1, -0.05) is 32.4 Å². The zero-order valence-corrected chi connectivity index (χ0v) is 15.4. The predicted octanol–water partition coefficient (Wildman–Crippen LogP) is 4.31. The van der Waals surface area contributed by atoms with E-state index in [0.717, 1.165) is 37.9 Å². The molecule has 0 N–H and O–H groups in total. The van der Waals surface area contributed by atoms with Crippen molar-refractivity contribution >= 4 is 5.91 Å². The van der Waals surface area contributed by atoms with Gasteiger partial charge in [0.2, 0.25) is 0 Å². The number of carbonyl (C=O) groups is 1. The van der Waals surface area contributed by atoms with Gasteiger partial charge >= 0.3 is 0 Å². The molecule has 1 amide bonds. The molecule has 132 valence electrons. The quantitative estimate of drug-likeness (QED) is 0.824. The Morgan fingerprint density at radius 3 is 2.62 bits per heavy atom. The highest BCUT2D eigenvalue weighted by molar-refractivity contribution is 5.94. The summed E-state index contributed by atoms with van der Waals surface area (Å²) in [4.78, 5) is 15.0. The van der Waals surface area contributed by atoms with Crippen molar-refractivity contribution in [3.8, 4) is 0 Å². The molecule has 0 radical (unpaired) electrons. The number of hydrogen-bond donors (Lipinski definition) is 0. The van der Waals surface area contributed by atoms with Gasteiger partial charge in [-0.3, -0.25) is 4.79 Å². The summed E-state index contributed by atoms with van der Waals surface area (Å²) in [5, 5.41) is 0. The molecule has 2 fully saturated rings. The highest BCUT2D eigenvalue weighted by Gasteiger charge is 2.46. The summed E-state index contributed by atoms with van der Waals surface area (Å²) in [6.45, 7) is 6.18. The second-order valence-electron chi connectivity index (χ2n) is 8.10. The van der Waals surface area contributed by atoms with Crippen LogP contribution < -0.4 is 0 Å². The van der Waals surface area contributed by atoms with E-state index in [1.165, 1.54) is 24.8 Å². The molecule has 0 unspecified atom stereocenters. The minimum absolute atomic E-state index is 0.187. The number of benzene rings is 1. The lowest BCUT2D eigenvalue weighted by Crippen LogP contribution is -2.49. The first-order chi connectivity index (χ1) is 11.5. The van der Waals surface area contributed by atoms with Crippen molar-refractivity contribution in [2.45, 2.75) is 58.5 Å². The molecule has 0 aromatic heterocycles. The van der Waals surface area contributed by atoms with Crippen LogP contribution in [0.1, 0.15) is 61.9 Å². The van der Waals surface area contributed by atoms with Crippen molar-refractivity contribution in [2.24, 2.45) is 11.3 Å². The summed E-state index contributed by atoms with van der Waals surface area (Å²) in [6, 6.07) is 8.23. The highest BCUT2D eigenvalue weighted by atomic mass is 16.5. The SMILES string of the molecule is CO[C@@H]1CCC[C@@]12CCCN(C(=O)c1ccc(CC(C)C)cc1)C2. The maximum absolute atomic E-state index is 13.0. The molecule has 3 nitrogen and oxygen atoms in total. The molecule has 1 saturated carbocycles. The third-order valence-corrected chi connectivity index (χ3v) is 5.85. The maximum Gasteiger partial charge on any atom is 0.253 e. The van der Waals surface area contributed by atoms with Gasteiger partial charge in [-0.2, -0.15) is 0 Å². The summed E-state index contributed by atoms with van der Waals surface area (Å²) in [7, 11) is 1.83. The lowest BCUT2D eigenvalue weighted by atomic mass is 9.76. The lowest BCUT2D eigenvalue weighted by molar-refractivity contribution is -0.0295. The van der Waals surface area contributed by atoms with E-state index in [-0.39, 0.29) is 11.3 Å². The number of likely N-dealkylation sites (tertiary alicyclic amines) is 1. The Hall–Kier alpha value is -1.35. The Balaban J connectivity index is 1.70. The van der Waals surface area contributed by atoms with Crippen molar-refractivity contribution in [3.05, 3.63) is 35.4 Å². The molecule has 1 spiro atoms. The van der Waals surface area contributed by atoms with Gasteiger partial charge in [-0.15, -0.1) is 0 Å². The van der Waals surface area contributed by atoms with Crippen LogP contribution >= 0.6 is 0 Å². The van der Waals surface area contributed by atoms with Gasteiger partial charge in [0.15, 0.2) is 0 Å². The number of carbonyl (C=O) groups excluding carboxylic acids is 1. The standard InChI is InChI=1S/C21H31NO2/c1-16(2)14-17-7-9-18(10-8-17)20(23)22-13-5-12-21(15-22)11-4-6-19(21)24-3/h7-10,16,19H,4-6,11-15H2,1-3H3/t19-,21+/m1/s1. The van der Waals surface area contributed by atoms with E-state index in [4.69, 9.17) is 4.74 Å². The van der Waals surface area contributed by atoms with Crippen molar-refractivity contribution in [2.75, 3.05) is 20.2 Å². The van der Waals surface area contributed by atoms with E-state index in [2.05, 4.69) is 30.9 Å². The molecule has 1 saturated heterocycles. The second kappa shape index (κ2) is 7.26. The van der Waals surface area contributed by atoms with E-state index < -0.39 is 0 Å². The Kier molecular flexibility index (Phi) is 5.29. The molecule has 1 heterocycles. The van der Waals surface area contributed by atoms with Crippen LogP contribution in [-0.2, 0) is 11.2 Å². The van der Waals surface area contributed by atoms with Gasteiger partial charge in [0.1, 0.15) is 0 Å². The molecule has 0 bridgehead atoms. The third kappa shape index (κ3) is 3.51. The van der Waals surface area contributed by atoms with Crippen molar-refractivity contribution in [3.63, 3.8) is 0 Å². The molecule has 1 aliphatic heterocycles.